The Morgan fingerprint density at radius 1 is 1.25 bits per heavy atom. The molecule has 88 valence electrons. The summed E-state index contributed by atoms with van der Waals surface area (Å²) in [6.07, 6.45) is 2.22. The Labute approximate surface area is 97.5 Å². The maximum Gasteiger partial charge on any atom is 0.0717 e. The lowest BCUT2D eigenvalue weighted by Crippen LogP contribution is -2.52. The minimum atomic E-state index is -0.551. The first-order chi connectivity index (χ1) is 7.39. The van der Waals surface area contributed by atoms with Gasteiger partial charge in [0.1, 0.15) is 0 Å². The van der Waals surface area contributed by atoms with Gasteiger partial charge in [0.05, 0.1) is 5.60 Å². The van der Waals surface area contributed by atoms with Crippen LogP contribution in [0.25, 0.3) is 0 Å². The summed E-state index contributed by atoms with van der Waals surface area (Å²) in [4.78, 5) is 0. The molecule has 0 unspecified atom stereocenters. The minimum absolute atomic E-state index is 0.191. The normalized spacial score (nSPS) is 28.9. The van der Waals surface area contributed by atoms with Gasteiger partial charge >= 0.3 is 0 Å². The second-order valence-corrected chi connectivity index (χ2v) is 5.45. The molecule has 1 aliphatic carbocycles. The zero-order valence-corrected chi connectivity index (χ0v) is 10.4. The molecule has 2 rings (SSSR count). The summed E-state index contributed by atoms with van der Waals surface area (Å²) in [7, 11) is 0. The number of hydrogen-bond donors (Lipinski definition) is 2. The van der Waals surface area contributed by atoms with Crippen LogP contribution in [-0.2, 0) is 6.42 Å². The highest BCUT2D eigenvalue weighted by Crippen LogP contribution is 2.35. The van der Waals surface area contributed by atoms with Gasteiger partial charge in [-0.15, -0.1) is 0 Å². The van der Waals surface area contributed by atoms with Crippen molar-refractivity contribution < 1.29 is 5.11 Å². The van der Waals surface area contributed by atoms with Gasteiger partial charge in [0.2, 0.25) is 0 Å². The molecule has 0 aromatic heterocycles. The van der Waals surface area contributed by atoms with Crippen molar-refractivity contribution in [1.29, 1.82) is 0 Å². The van der Waals surface area contributed by atoms with Crippen molar-refractivity contribution in [1.82, 2.24) is 0 Å². The molecule has 0 heterocycles. The van der Waals surface area contributed by atoms with Crippen molar-refractivity contribution in [2.45, 2.75) is 51.7 Å². The molecule has 1 aromatic carbocycles. The van der Waals surface area contributed by atoms with Crippen LogP contribution in [-0.4, -0.2) is 16.7 Å². The Morgan fingerprint density at radius 3 is 2.19 bits per heavy atom. The number of rotatable bonds is 2. The first-order valence-corrected chi connectivity index (χ1v) is 5.94. The largest absolute Gasteiger partial charge is 0.389 e. The minimum Gasteiger partial charge on any atom is -0.389 e. The zero-order valence-electron chi connectivity index (χ0n) is 10.4. The van der Waals surface area contributed by atoms with E-state index in [1.807, 2.05) is 0 Å². The van der Waals surface area contributed by atoms with Crippen LogP contribution in [0.1, 0.15) is 35.1 Å². The van der Waals surface area contributed by atoms with E-state index in [4.69, 9.17) is 5.73 Å². The van der Waals surface area contributed by atoms with Gasteiger partial charge in [0.15, 0.2) is 0 Å². The highest BCUT2D eigenvalue weighted by molar-refractivity contribution is 5.38. The number of aliphatic hydroxyl groups is 1. The maximum atomic E-state index is 10.3. The molecule has 3 N–H and O–H groups in total. The van der Waals surface area contributed by atoms with Crippen LogP contribution in [0.5, 0.6) is 0 Å². The SMILES string of the molecule is Cc1cc(C)c(CC2(O)CC(N)C2)c(C)c1. The van der Waals surface area contributed by atoms with E-state index < -0.39 is 5.60 Å². The van der Waals surface area contributed by atoms with E-state index in [1.54, 1.807) is 0 Å². The number of aryl methyl sites for hydroxylation is 3. The molecule has 0 atom stereocenters. The van der Waals surface area contributed by atoms with E-state index in [-0.39, 0.29) is 6.04 Å². The van der Waals surface area contributed by atoms with Gasteiger partial charge < -0.3 is 10.8 Å². The lowest BCUT2D eigenvalue weighted by Gasteiger charge is -2.42. The highest BCUT2D eigenvalue weighted by atomic mass is 16.3. The topological polar surface area (TPSA) is 46.2 Å². The molecular formula is C14H21NO. The molecule has 2 heteroatoms. The van der Waals surface area contributed by atoms with E-state index in [0.717, 1.165) is 19.3 Å². The maximum absolute atomic E-state index is 10.3. The van der Waals surface area contributed by atoms with Crippen molar-refractivity contribution >= 4 is 0 Å². The Bertz CT molecular complexity index is 382. The molecule has 2 nitrogen and oxygen atoms in total. The second-order valence-electron chi connectivity index (χ2n) is 5.45. The lowest BCUT2D eigenvalue weighted by molar-refractivity contribution is -0.0457. The summed E-state index contributed by atoms with van der Waals surface area (Å²) in [5, 5.41) is 10.3. The third-order valence-corrected chi connectivity index (χ3v) is 3.63. The van der Waals surface area contributed by atoms with Crippen LogP contribution in [0.15, 0.2) is 12.1 Å². The first kappa shape index (κ1) is 11.6. The third kappa shape index (κ3) is 2.13. The van der Waals surface area contributed by atoms with Crippen LogP contribution in [0.4, 0.5) is 0 Å². The first-order valence-electron chi connectivity index (χ1n) is 5.94. The summed E-state index contributed by atoms with van der Waals surface area (Å²) in [5.41, 5.74) is 10.3. The second kappa shape index (κ2) is 3.86. The smallest absolute Gasteiger partial charge is 0.0717 e. The van der Waals surface area contributed by atoms with E-state index in [0.29, 0.717) is 0 Å². The van der Waals surface area contributed by atoms with Crippen molar-refractivity contribution in [3.05, 3.63) is 34.4 Å². The van der Waals surface area contributed by atoms with Crippen LogP contribution in [0, 0.1) is 20.8 Å². The Balaban J connectivity index is 2.22. The number of hydrogen-bond acceptors (Lipinski definition) is 2. The molecule has 1 aliphatic rings. The Hall–Kier alpha value is -0.860. The van der Waals surface area contributed by atoms with E-state index >= 15 is 0 Å². The van der Waals surface area contributed by atoms with Gasteiger partial charge in [0.25, 0.3) is 0 Å². The molecule has 0 amide bonds. The van der Waals surface area contributed by atoms with Gasteiger partial charge in [-0.05, 0) is 50.3 Å². The zero-order chi connectivity index (χ0) is 11.9. The molecular weight excluding hydrogens is 198 g/mol. The predicted molar refractivity (Wildman–Crippen MR) is 66.5 cm³/mol. The molecule has 1 aromatic rings. The van der Waals surface area contributed by atoms with Crippen LogP contribution >= 0.6 is 0 Å². The molecule has 0 saturated heterocycles. The van der Waals surface area contributed by atoms with Crippen LogP contribution in [0.3, 0.4) is 0 Å². The van der Waals surface area contributed by atoms with Crippen molar-refractivity contribution in [2.75, 3.05) is 0 Å². The van der Waals surface area contributed by atoms with E-state index in [9.17, 15) is 5.11 Å². The van der Waals surface area contributed by atoms with E-state index in [2.05, 4.69) is 32.9 Å². The average Bonchev–Trinajstić information content (AvgIpc) is 2.09. The summed E-state index contributed by atoms with van der Waals surface area (Å²) < 4.78 is 0. The van der Waals surface area contributed by atoms with Crippen LogP contribution < -0.4 is 5.73 Å². The Kier molecular flexibility index (Phi) is 2.81. The van der Waals surface area contributed by atoms with Crippen molar-refractivity contribution in [3.8, 4) is 0 Å². The molecule has 0 radical (unpaired) electrons. The monoisotopic (exact) mass is 219 g/mol. The molecule has 16 heavy (non-hydrogen) atoms. The van der Waals surface area contributed by atoms with Gasteiger partial charge in [0, 0.05) is 12.5 Å². The predicted octanol–water partition coefficient (Wildman–Crippen LogP) is 2.01. The van der Waals surface area contributed by atoms with Crippen molar-refractivity contribution in [2.24, 2.45) is 5.73 Å². The highest BCUT2D eigenvalue weighted by Gasteiger charge is 2.40. The van der Waals surface area contributed by atoms with Gasteiger partial charge in [-0.3, -0.25) is 0 Å². The molecule has 1 saturated carbocycles. The average molecular weight is 219 g/mol. The summed E-state index contributed by atoms with van der Waals surface area (Å²) in [5.74, 6) is 0. The fourth-order valence-electron chi connectivity index (χ4n) is 2.88. The Morgan fingerprint density at radius 2 is 1.75 bits per heavy atom. The standard InChI is InChI=1S/C14H21NO/c1-9-4-10(2)13(11(3)5-9)8-14(16)6-12(15)7-14/h4-5,12,16H,6-8,15H2,1-3H3. The lowest BCUT2D eigenvalue weighted by atomic mass is 9.71. The molecule has 0 bridgehead atoms. The van der Waals surface area contributed by atoms with Gasteiger partial charge in [-0.1, -0.05) is 17.7 Å². The molecule has 1 fully saturated rings. The fraction of sp³-hybridized carbons (Fsp3) is 0.571. The fourth-order valence-corrected chi connectivity index (χ4v) is 2.88. The van der Waals surface area contributed by atoms with Gasteiger partial charge in [-0.2, -0.15) is 0 Å². The third-order valence-electron chi connectivity index (χ3n) is 3.63. The molecule has 0 spiro atoms. The van der Waals surface area contributed by atoms with Crippen molar-refractivity contribution in [3.63, 3.8) is 0 Å². The summed E-state index contributed by atoms with van der Waals surface area (Å²) in [6.45, 7) is 6.35. The van der Waals surface area contributed by atoms with Crippen LogP contribution in [0.2, 0.25) is 0 Å². The summed E-state index contributed by atoms with van der Waals surface area (Å²) in [6, 6.07) is 4.56. The number of benzene rings is 1. The van der Waals surface area contributed by atoms with Gasteiger partial charge in [-0.25, -0.2) is 0 Å². The molecule has 0 aliphatic heterocycles. The summed E-state index contributed by atoms with van der Waals surface area (Å²) >= 11 is 0. The van der Waals surface area contributed by atoms with E-state index in [1.165, 1.54) is 22.3 Å². The number of nitrogens with two attached hydrogens (primary N) is 1. The quantitative estimate of drug-likeness (QED) is 0.799.